The molecule has 0 aromatic rings. The van der Waals surface area contributed by atoms with Gasteiger partial charge in [-0.05, 0) is 0 Å². The molecule has 24 heavy (non-hydrogen) atoms. The van der Waals surface area contributed by atoms with Gasteiger partial charge in [0.25, 0.3) is 0 Å². The van der Waals surface area contributed by atoms with Crippen LogP contribution in [0.2, 0.25) is 7.25 Å². The Morgan fingerprint density at radius 2 is 1.04 bits per heavy atom. The van der Waals surface area contributed by atoms with Crippen LogP contribution >= 0.6 is 24.8 Å². The van der Waals surface area contributed by atoms with Gasteiger partial charge in [0.2, 0.25) is 0 Å². The molecular weight excluding hydrogens is 430 g/mol. The molecule has 2 aliphatic carbocycles. The molecule has 2 rings (SSSR count). The number of allylic oxidation sites excluding steroid dienone is 8. The first-order chi connectivity index (χ1) is 10.0. The second-order valence-corrected chi connectivity index (χ2v) is 34.3. The molecule has 0 nitrogen and oxygen atoms in total. The van der Waals surface area contributed by atoms with Crippen LogP contribution in [0.5, 0.6) is 0 Å². The van der Waals surface area contributed by atoms with Crippen LogP contribution in [0.4, 0.5) is 0 Å². The van der Waals surface area contributed by atoms with E-state index < -0.39 is 17.4 Å². The van der Waals surface area contributed by atoms with E-state index in [1.807, 2.05) is 6.56 Å². The first-order valence-electron chi connectivity index (χ1n) is 8.81. The first kappa shape index (κ1) is 24.6. The summed E-state index contributed by atoms with van der Waals surface area (Å²) in [5.41, 5.74) is 6.35. The molecule has 0 bridgehead atoms. The Labute approximate surface area is 164 Å². The molecule has 0 fully saturated rings. The predicted octanol–water partition coefficient (Wildman–Crippen LogP) is 6.97. The van der Waals surface area contributed by atoms with Crippen LogP contribution in [0.1, 0.15) is 68.2 Å². The Bertz CT molecular complexity index is 643. The summed E-state index contributed by atoms with van der Waals surface area (Å²) in [5, 5.41) is 0. The molecule has 138 valence electrons. The molecule has 0 unspecified atom stereocenters. The Morgan fingerprint density at radius 1 is 0.750 bits per heavy atom. The van der Waals surface area contributed by atoms with Crippen molar-refractivity contribution in [3.05, 3.63) is 41.0 Å². The van der Waals surface area contributed by atoms with E-state index in [-0.39, 0.29) is 24.8 Å². The monoisotopic (exact) mass is 464 g/mol. The fourth-order valence-electron chi connectivity index (χ4n) is 5.44. The van der Waals surface area contributed by atoms with Crippen molar-refractivity contribution < 1.29 is 17.4 Å². The zero-order chi connectivity index (χ0) is 16.9. The molecule has 0 radical (unpaired) electrons. The van der Waals surface area contributed by atoms with E-state index in [0.29, 0.717) is 0 Å². The van der Waals surface area contributed by atoms with Crippen molar-refractivity contribution >= 4 is 31.7 Å². The number of halogens is 2. The normalized spacial score (nSPS) is 18.8. The maximum atomic E-state index is 2.53. The fourth-order valence-corrected chi connectivity index (χ4v) is 29.6. The third-order valence-electron chi connectivity index (χ3n) is 6.85. The summed E-state index contributed by atoms with van der Waals surface area (Å²) >= 11 is -3.25. The summed E-state index contributed by atoms with van der Waals surface area (Å²) in [6.45, 7) is 22.0. The molecular formula is C20H36Cl2SiZr. The van der Waals surface area contributed by atoms with Gasteiger partial charge in [0.1, 0.15) is 0 Å². The van der Waals surface area contributed by atoms with Gasteiger partial charge in [0.15, 0.2) is 0 Å². The number of hydrogen-bond donors (Lipinski definition) is 0. The quantitative estimate of drug-likeness (QED) is 0.392. The van der Waals surface area contributed by atoms with Gasteiger partial charge < -0.3 is 0 Å². The van der Waals surface area contributed by atoms with Gasteiger partial charge in [-0.15, -0.1) is 24.8 Å². The summed E-state index contributed by atoms with van der Waals surface area (Å²) in [5.74, 6) is 0. The molecule has 0 heterocycles. The Morgan fingerprint density at radius 3 is 1.21 bits per heavy atom. The minimum Gasteiger partial charge on any atom is -0.147 e. The van der Waals surface area contributed by atoms with Crippen molar-refractivity contribution in [2.75, 3.05) is 0 Å². The van der Waals surface area contributed by atoms with Gasteiger partial charge in [-0.25, -0.2) is 0 Å². The third kappa shape index (κ3) is 3.30. The minimum absolute atomic E-state index is 0. The largest absolute Gasteiger partial charge is 0.147 e. The standard InChI is InChI=1S/2C7H9.2C3H7.2ClH.H2Si.Zr/c2*1-6-3-4-7(2)5-6;2*1-3-2;;;;/h2*5H,3H2,1-2H3;2*3H,1-2H3;2*1H;1H2;. The van der Waals surface area contributed by atoms with Crippen molar-refractivity contribution in [2.45, 2.75) is 75.5 Å². The average Bonchev–Trinajstić information content (AvgIpc) is 2.90. The average molecular weight is 467 g/mol. The topological polar surface area (TPSA) is 0 Å². The van der Waals surface area contributed by atoms with Gasteiger partial charge in [-0.3, -0.25) is 0 Å². The fraction of sp³-hybridized carbons (Fsp3) is 0.600. The zero-order valence-corrected chi connectivity index (χ0v) is 22.3. The van der Waals surface area contributed by atoms with Crippen LogP contribution < -0.4 is 0 Å². The SMILES string of the molecule is CC1=CC(C)=[C]([Zr](=[SiH2])([C]2=C(C)C=C(C)C2)([CH](C)C)[CH](C)C)C1.Cl.Cl. The second kappa shape index (κ2) is 8.12. The molecule has 0 aromatic heterocycles. The van der Waals surface area contributed by atoms with Crippen molar-refractivity contribution in [1.29, 1.82) is 0 Å². The van der Waals surface area contributed by atoms with Crippen molar-refractivity contribution in [2.24, 2.45) is 0 Å². The van der Waals surface area contributed by atoms with Gasteiger partial charge in [0, 0.05) is 0 Å². The van der Waals surface area contributed by atoms with Crippen molar-refractivity contribution in [1.82, 2.24) is 0 Å². The minimum atomic E-state index is -3.25. The molecule has 2 aliphatic rings. The summed E-state index contributed by atoms with van der Waals surface area (Å²) in [6, 6.07) is 0. The molecule has 0 spiro atoms. The van der Waals surface area contributed by atoms with E-state index in [4.69, 9.17) is 0 Å². The number of hydrogen-bond acceptors (Lipinski definition) is 0. The van der Waals surface area contributed by atoms with Crippen LogP contribution in [0.25, 0.3) is 0 Å². The van der Waals surface area contributed by atoms with Crippen LogP contribution in [0.15, 0.2) is 41.0 Å². The van der Waals surface area contributed by atoms with E-state index in [9.17, 15) is 0 Å². The molecule has 0 saturated carbocycles. The molecule has 0 aromatic carbocycles. The number of rotatable bonds is 4. The van der Waals surface area contributed by atoms with Crippen molar-refractivity contribution in [3.63, 3.8) is 0 Å². The Balaban J connectivity index is 0.00000264. The Kier molecular flexibility index (Phi) is 8.33. The summed E-state index contributed by atoms with van der Waals surface area (Å²) < 4.78 is 5.38. The summed E-state index contributed by atoms with van der Waals surface area (Å²) in [6.07, 6.45) is 7.42. The van der Waals surface area contributed by atoms with Gasteiger partial charge >= 0.3 is 141 Å². The predicted molar refractivity (Wildman–Crippen MR) is 115 cm³/mol. The van der Waals surface area contributed by atoms with E-state index in [0.717, 1.165) is 7.25 Å². The molecule has 0 atom stereocenters. The van der Waals surface area contributed by atoms with E-state index in [2.05, 4.69) is 74.4 Å². The smallest absolute Gasteiger partial charge is 0.147 e. The van der Waals surface area contributed by atoms with E-state index in [1.165, 1.54) is 12.8 Å². The molecule has 0 saturated heterocycles. The summed E-state index contributed by atoms with van der Waals surface area (Å²) in [7, 11) is 0. The van der Waals surface area contributed by atoms with Crippen molar-refractivity contribution in [3.8, 4) is 0 Å². The molecule has 0 N–H and O–H groups in total. The third-order valence-corrected chi connectivity index (χ3v) is 44.3. The zero-order valence-electron chi connectivity index (χ0n) is 16.7. The maximum Gasteiger partial charge on any atom is -0.147 e. The molecule has 0 aliphatic heterocycles. The van der Waals surface area contributed by atoms with E-state index in [1.54, 1.807) is 22.3 Å². The maximum absolute atomic E-state index is 3.25. The second-order valence-electron chi connectivity index (χ2n) is 8.60. The first-order valence-corrected chi connectivity index (χ1v) is 20.0. The van der Waals surface area contributed by atoms with Crippen LogP contribution in [-0.2, 0) is 17.4 Å². The van der Waals surface area contributed by atoms with Gasteiger partial charge in [-0.1, -0.05) is 0 Å². The Hall–Kier alpha value is 0.640. The van der Waals surface area contributed by atoms with Crippen LogP contribution in [-0.4, -0.2) is 6.88 Å². The van der Waals surface area contributed by atoms with Crippen LogP contribution in [0.3, 0.4) is 0 Å². The van der Waals surface area contributed by atoms with E-state index >= 15 is 0 Å². The van der Waals surface area contributed by atoms with Gasteiger partial charge in [-0.2, -0.15) is 0 Å². The molecule has 0 amide bonds. The van der Waals surface area contributed by atoms with Gasteiger partial charge in [0.05, 0.1) is 0 Å². The summed E-state index contributed by atoms with van der Waals surface area (Å²) in [4.78, 5) is 0. The van der Waals surface area contributed by atoms with Crippen LogP contribution in [0, 0.1) is 0 Å². The molecule has 4 heteroatoms.